The minimum Gasteiger partial charge on any atom is -0.497 e. The van der Waals surface area contributed by atoms with Gasteiger partial charge in [0.2, 0.25) is 5.91 Å². The van der Waals surface area contributed by atoms with E-state index in [9.17, 15) is 4.79 Å². The van der Waals surface area contributed by atoms with Crippen molar-refractivity contribution >= 4 is 27.7 Å². The first-order valence-corrected chi connectivity index (χ1v) is 15.0. The van der Waals surface area contributed by atoms with Crippen molar-refractivity contribution in [2.75, 3.05) is 7.11 Å². The maximum Gasteiger partial charge on any atom is 0.240 e. The second-order valence-electron chi connectivity index (χ2n) is 11.9. The highest BCUT2D eigenvalue weighted by atomic mass is 16.5. The van der Waals surface area contributed by atoms with Crippen molar-refractivity contribution in [2.45, 2.75) is 57.7 Å². The highest BCUT2D eigenvalue weighted by Gasteiger charge is 2.29. The molecule has 3 aromatic carbocycles. The number of nitrogens with zero attached hydrogens (tertiary/aromatic N) is 3. The van der Waals surface area contributed by atoms with Crippen LogP contribution in [-0.2, 0) is 30.6 Å². The Morgan fingerprint density at radius 2 is 1.55 bits per heavy atom. The summed E-state index contributed by atoms with van der Waals surface area (Å²) in [4.78, 5) is 20.0. The molecule has 0 aliphatic heterocycles. The molecule has 3 heterocycles. The van der Waals surface area contributed by atoms with Gasteiger partial charge in [0, 0.05) is 47.0 Å². The molecule has 9 nitrogen and oxygen atoms in total. The first-order valence-electron chi connectivity index (χ1n) is 15.0. The standard InChI is InChI=1S/C35H39N7O2/c1-35(2,36)34(43)39-31(19-25-21-38-30-13-7-5-11-28(25)30)33-41-40-32(42(33)22-23-15-17-26(44-3)18-16-23)14-8-9-24-20-37-29-12-6-4-10-27(24)29/h4-7,10-13,15-18,20-21,31,37-38H,8-9,14,19,22,36H2,1-3H3,(H,39,43). The zero-order chi connectivity index (χ0) is 30.7. The normalized spacial score (nSPS) is 12.5. The number of hydrogen-bond acceptors (Lipinski definition) is 5. The second kappa shape index (κ2) is 12.4. The molecule has 9 heteroatoms. The van der Waals surface area contributed by atoms with Crippen LogP contribution >= 0.6 is 0 Å². The summed E-state index contributed by atoms with van der Waals surface area (Å²) in [6.45, 7) is 3.98. The molecule has 226 valence electrons. The Kier molecular flexibility index (Phi) is 8.21. The molecular formula is C35H39N7O2. The molecule has 5 N–H and O–H groups in total. The number of benzene rings is 3. The molecule has 0 saturated heterocycles. The van der Waals surface area contributed by atoms with E-state index < -0.39 is 11.6 Å². The lowest BCUT2D eigenvalue weighted by molar-refractivity contribution is -0.126. The lowest BCUT2D eigenvalue weighted by atomic mass is 10.0. The Hall–Kier alpha value is -4.89. The number of aromatic amines is 2. The topological polar surface area (TPSA) is 127 Å². The van der Waals surface area contributed by atoms with E-state index in [0.29, 0.717) is 18.8 Å². The van der Waals surface area contributed by atoms with Crippen LogP contribution in [0.15, 0.2) is 85.2 Å². The number of aryl methyl sites for hydroxylation is 2. The molecule has 0 aliphatic carbocycles. The van der Waals surface area contributed by atoms with Gasteiger partial charge in [-0.25, -0.2) is 0 Å². The quantitative estimate of drug-likeness (QED) is 0.148. The van der Waals surface area contributed by atoms with Gasteiger partial charge in [-0.05, 0) is 67.6 Å². The van der Waals surface area contributed by atoms with Crippen molar-refractivity contribution in [3.05, 3.63) is 114 Å². The molecule has 44 heavy (non-hydrogen) atoms. The number of H-pyrrole nitrogens is 2. The van der Waals surface area contributed by atoms with Gasteiger partial charge >= 0.3 is 0 Å². The van der Waals surface area contributed by atoms with Crippen molar-refractivity contribution in [1.82, 2.24) is 30.0 Å². The van der Waals surface area contributed by atoms with Gasteiger partial charge in [0.25, 0.3) is 0 Å². The van der Waals surface area contributed by atoms with Crippen LogP contribution in [0.5, 0.6) is 5.75 Å². The number of amides is 1. The van der Waals surface area contributed by atoms with Crippen LogP contribution in [0, 0.1) is 0 Å². The number of carbonyl (C=O) groups excluding carboxylic acids is 1. The maximum atomic E-state index is 13.3. The summed E-state index contributed by atoms with van der Waals surface area (Å²) in [5, 5.41) is 15.0. The van der Waals surface area contributed by atoms with Crippen LogP contribution in [0.25, 0.3) is 21.8 Å². The Bertz CT molecular complexity index is 1870. The SMILES string of the molecule is COc1ccc(Cn2c(CCCc3c[nH]c4ccccc34)nnc2C(Cc2c[nH]c3ccccc23)NC(=O)C(C)(C)N)cc1. The van der Waals surface area contributed by atoms with Gasteiger partial charge in [0.15, 0.2) is 5.82 Å². The molecule has 0 radical (unpaired) electrons. The third-order valence-electron chi connectivity index (χ3n) is 8.18. The number of nitrogens with two attached hydrogens (primary N) is 1. The van der Waals surface area contributed by atoms with E-state index in [0.717, 1.165) is 58.4 Å². The lowest BCUT2D eigenvalue weighted by Gasteiger charge is -2.25. The fraction of sp³-hybridized carbons (Fsp3) is 0.286. The van der Waals surface area contributed by atoms with Gasteiger partial charge in [-0.2, -0.15) is 0 Å². The van der Waals surface area contributed by atoms with Gasteiger partial charge < -0.3 is 30.3 Å². The van der Waals surface area contributed by atoms with E-state index >= 15 is 0 Å². The fourth-order valence-corrected chi connectivity index (χ4v) is 5.72. The predicted molar refractivity (Wildman–Crippen MR) is 174 cm³/mol. The number of rotatable bonds is 12. The van der Waals surface area contributed by atoms with Crippen LogP contribution in [-0.4, -0.2) is 43.3 Å². The van der Waals surface area contributed by atoms with Gasteiger partial charge in [-0.1, -0.05) is 48.5 Å². The average Bonchev–Trinajstić information content (AvgIpc) is 3.74. The van der Waals surface area contributed by atoms with Crippen LogP contribution < -0.4 is 15.8 Å². The third-order valence-corrected chi connectivity index (χ3v) is 8.18. The van der Waals surface area contributed by atoms with E-state index in [1.165, 1.54) is 10.9 Å². The molecule has 1 amide bonds. The average molecular weight is 590 g/mol. The lowest BCUT2D eigenvalue weighted by Crippen LogP contribution is -2.50. The number of ether oxygens (including phenoxy) is 1. The summed E-state index contributed by atoms with van der Waals surface area (Å²) in [5.74, 6) is 2.13. The summed E-state index contributed by atoms with van der Waals surface area (Å²) >= 11 is 0. The van der Waals surface area contributed by atoms with Gasteiger partial charge in [-0.3, -0.25) is 4.79 Å². The van der Waals surface area contributed by atoms with E-state index in [4.69, 9.17) is 20.7 Å². The highest BCUT2D eigenvalue weighted by Crippen LogP contribution is 2.27. The van der Waals surface area contributed by atoms with Crippen molar-refractivity contribution in [3.63, 3.8) is 0 Å². The number of fused-ring (bicyclic) bond motifs is 2. The van der Waals surface area contributed by atoms with Crippen LogP contribution in [0.3, 0.4) is 0 Å². The van der Waals surface area contributed by atoms with Crippen LogP contribution in [0.1, 0.15) is 54.6 Å². The van der Waals surface area contributed by atoms with Gasteiger partial charge in [-0.15, -0.1) is 10.2 Å². The summed E-state index contributed by atoms with van der Waals surface area (Å²) < 4.78 is 7.54. The molecule has 1 atom stereocenters. The number of nitrogens with one attached hydrogen (secondary N) is 3. The molecule has 1 unspecified atom stereocenters. The van der Waals surface area contributed by atoms with Crippen LogP contribution in [0.4, 0.5) is 0 Å². The monoisotopic (exact) mass is 589 g/mol. The number of carbonyl (C=O) groups is 1. The number of aromatic nitrogens is 5. The molecule has 0 spiro atoms. The minimum atomic E-state index is -1.05. The molecule has 6 rings (SSSR count). The largest absolute Gasteiger partial charge is 0.497 e. The van der Waals surface area contributed by atoms with Crippen molar-refractivity contribution < 1.29 is 9.53 Å². The molecule has 0 aliphatic rings. The Morgan fingerprint density at radius 1 is 0.909 bits per heavy atom. The van der Waals surface area contributed by atoms with E-state index in [1.54, 1.807) is 21.0 Å². The molecule has 0 saturated carbocycles. The van der Waals surface area contributed by atoms with Gasteiger partial charge in [0.1, 0.15) is 11.6 Å². The molecular weight excluding hydrogens is 550 g/mol. The van der Waals surface area contributed by atoms with Crippen LogP contribution in [0.2, 0.25) is 0 Å². The number of hydrogen-bond donors (Lipinski definition) is 4. The summed E-state index contributed by atoms with van der Waals surface area (Å²) in [7, 11) is 1.66. The zero-order valence-corrected chi connectivity index (χ0v) is 25.4. The van der Waals surface area contributed by atoms with Crippen molar-refractivity contribution in [2.24, 2.45) is 5.73 Å². The molecule has 3 aromatic heterocycles. The third kappa shape index (κ3) is 6.23. The zero-order valence-electron chi connectivity index (χ0n) is 25.4. The Labute approximate surface area is 256 Å². The van der Waals surface area contributed by atoms with E-state index in [-0.39, 0.29) is 5.91 Å². The number of para-hydroxylation sites is 2. The summed E-state index contributed by atoms with van der Waals surface area (Å²) in [6, 6.07) is 24.1. The van der Waals surface area contributed by atoms with Crippen molar-refractivity contribution in [3.8, 4) is 5.75 Å². The second-order valence-corrected chi connectivity index (χ2v) is 11.9. The first kappa shape index (κ1) is 29.2. The first-order chi connectivity index (χ1) is 21.3. The molecule has 0 fully saturated rings. The van der Waals surface area contributed by atoms with Gasteiger partial charge in [0.05, 0.1) is 25.2 Å². The molecule has 6 aromatic rings. The van der Waals surface area contributed by atoms with E-state index in [2.05, 4.69) is 62.4 Å². The fourth-order valence-electron chi connectivity index (χ4n) is 5.72. The highest BCUT2D eigenvalue weighted by molar-refractivity contribution is 5.86. The Morgan fingerprint density at radius 3 is 2.20 bits per heavy atom. The predicted octanol–water partition coefficient (Wildman–Crippen LogP) is 5.61. The minimum absolute atomic E-state index is 0.248. The summed E-state index contributed by atoms with van der Waals surface area (Å²) in [6.07, 6.45) is 7.17. The van der Waals surface area contributed by atoms with E-state index in [1.807, 2.05) is 42.6 Å². The summed E-state index contributed by atoms with van der Waals surface area (Å²) in [5.41, 5.74) is 10.8. The molecule has 0 bridgehead atoms. The smallest absolute Gasteiger partial charge is 0.240 e. The maximum absolute atomic E-state index is 13.3. The Balaban J connectivity index is 1.34. The van der Waals surface area contributed by atoms with Crippen molar-refractivity contribution in [1.29, 1.82) is 0 Å². The number of methoxy groups -OCH3 is 1.